The van der Waals surface area contributed by atoms with Crippen LogP contribution < -0.4 is 24.5 Å². The van der Waals surface area contributed by atoms with E-state index in [-0.39, 0.29) is 22.2 Å². The lowest BCUT2D eigenvalue weighted by Crippen LogP contribution is -2.40. The first-order chi connectivity index (χ1) is 20.2. The van der Waals surface area contributed by atoms with Crippen LogP contribution in [-0.4, -0.2) is 46.7 Å². The Labute approximate surface area is 244 Å². The van der Waals surface area contributed by atoms with Gasteiger partial charge in [0.05, 0.1) is 30.5 Å². The van der Waals surface area contributed by atoms with Crippen molar-refractivity contribution in [1.82, 2.24) is 5.43 Å². The minimum atomic E-state index is -4.18. The highest BCUT2D eigenvalue weighted by Crippen LogP contribution is 2.32. The standard InChI is InChI=1S/C31H30N4O6S/c1-22(23-13-15-25(16-14-23)32-31(37)24-9-5-4-6-10-24)33-34-30(36)21-35(28-11-7-8-12-29(28)41-3)42(38,39)27-19-17-26(40-2)18-20-27/h4-20H,21H2,1-3H3,(H,32,37)(H,34,36)/b33-22-. The molecule has 0 radical (unpaired) electrons. The van der Waals surface area contributed by atoms with Gasteiger partial charge in [-0.2, -0.15) is 5.10 Å². The molecule has 216 valence electrons. The molecule has 0 aliphatic rings. The SMILES string of the molecule is COc1ccc(S(=O)(=O)N(CC(=O)N/N=C(/C)c2ccc(NC(=O)c3ccccc3)cc2)c2ccccc2OC)cc1. The second-order valence-electron chi connectivity index (χ2n) is 8.99. The maximum atomic E-state index is 13.7. The van der Waals surface area contributed by atoms with E-state index in [1.165, 1.54) is 38.5 Å². The molecule has 0 spiro atoms. The van der Waals surface area contributed by atoms with Gasteiger partial charge in [0.2, 0.25) is 0 Å². The summed E-state index contributed by atoms with van der Waals surface area (Å²) in [7, 11) is -1.28. The number of hydrogen-bond acceptors (Lipinski definition) is 7. The van der Waals surface area contributed by atoms with E-state index in [1.807, 2.05) is 6.07 Å². The third-order valence-electron chi connectivity index (χ3n) is 6.23. The Morgan fingerprint density at radius 1 is 0.786 bits per heavy atom. The van der Waals surface area contributed by atoms with E-state index in [0.717, 1.165) is 4.31 Å². The zero-order valence-electron chi connectivity index (χ0n) is 23.3. The van der Waals surface area contributed by atoms with Gasteiger partial charge in [-0.05, 0) is 73.2 Å². The second kappa shape index (κ2) is 13.5. The number of nitrogens with zero attached hydrogens (tertiary/aromatic N) is 2. The molecule has 0 atom stereocenters. The van der Waals surface area contributed by atoms with Gasteiger partial charge in [-0.25, -0.2) is 13.8 Å². The molecule has 4 aromatic carbocycles. The van der Waals surface area contributed by atoms with Gasteiger partial charge in [0.1, 0.15) is 18.0 Å². The highest BCUT2D eigenvalue weighted by atomic mass is 32.2. The summed E-state index contributed by atoms with van der Waals surface area (Å²) in [6.45, 7) is 1.14. The fraction of sp³-hybridized carbons (Fsp3) is 0.129. The quantitative estimate of drug-likeness (QED) is 0.194. The average molecular weight is 587 g/mol. The summed E-state index contributed by atoms with van der Waals surface area (Å²) in [6, 6.07) is 28.2. The zero-order valence-corrected chi connectivity index (χ0v) is 24.1. The van der Waals surface area contributed by atoms with E-state index in [9.17, 15) is 18.0 Å². The van der Waals surface area contributed by atoms with Crippen LogP contribution in [0.1, 0.15) is 22.8 Å². The van der Waals surface area contributed by atoms with Gasteiger partial charge in [-0.1, -0.05) is 42.5 Å². The Bertz CT molecular complexity index is 1670. The first-order valence-corrected chi connectivity index (χ1v) is 14.3. The summed E-state index contributed by atoms with van der Waals surface area (Å²) in [5.74, 6) is -0.122. The number of ether oxygens (including phenoxy) is 2. The van der Waals surface area contributed by atoms with Crippen molar-refractivity contribution in [3.63, 3.8) is 0 Å². The lowest BCUT2D eigenvalue weighted by molar-refractivity contribution is -0.119. The van der Waals surface area contributed by atoms with Crippen LogP contribution in [0.5, 0.6) is 11.5 Å². The van der Waals surface area contributed by atoms with Crippen molar-refractivity contribution in [2.24, 2.45) is 5.10 Å². The largest absolute Gasteiger partial charge is 0.497 e. The van der Waals surface area contributed by atoms with Gasteiger partial charge >= 0.3 is 0 Å². The van der Waals surface area contributed by atoms with Crippen LogP contribution in [0, 0.1) is 0 Å². The Morgan fingerprint density at radius 2 is 1.43 bits per heavy atom. The molecule has 0 heterocycles. The number of methoxy groups -OCH3 is 2. The summed E-state index contributed by atoms with van der Waals surface area (Å²) in [5, 5.41) is 6.99. The number of rotatable bonds is 11. The Kier molecular flexibility index (Phi) is 9.56. The van der Waals surface area contributed by atoms with E-state index in [0.29, 0.717) is 28.3 Å². The molecule has 2 amide bonds. The number of carbonyl (C=O) groups excluding carboxylic acids is 2. The highest BCUT2D eigenvalue weighted by Gasteiger charge is 2.29. The van der Waals surface area contributed by atoms with Crippen molar-refractivity contribution >= 4 is 38.9 Å². The maximum Gasteiger partial charge on any atom is 0.264 e. The first kappa shape index (κ1) is 29.8. The number of carbonyl (C=O) groups is 2. The van der Waals surface area contributed by atoms with Crippen molar-refractivity contribution in [1.29, 1.82) is 0 Å². The summed E-state index contributed by atoms with van der Waals surface area (Å²) in [5.41, 5.74) is 4.95. The van der Waals surface area contributed by atoms with E-state index in [1.54, 1.807) is 79.7 Å². The van der Waals surface area contributed by atoms with Crippen LogP contribution in [0.2, 0.25) is 0 Å². The Balaban J connectivity index is 1.50. The van der Waals surface area contributed by atoms with E-state index in [4.69, 9.17) is 9.47 Å². The molecule has 11 heteroatoms. The maximum absolute atomic E-state index is 13.7. The van der Waals surface area contributed by atoms with Gasteiger partial charge in [0.25, 0.3) is 21.8 Å². The molecule has 0 unspecified atom stereocenters. The van der Waals surface area contributed by atoms with Gasteiger partial charge in [-0.15, -0.1) is 0 Å². The number of hydrazone groups is 1. The van der Waals surface area contributed by atoms with Gasteiger partial charge in [0.15, 0.2) is 0 Å². The third-order valence-corrected chi connectivity index (χ3v) is 8.01. The number of sulfonamides is 1. The predicted molar refractivity (Wildman–Crippen MR) is 162 cm³/mol. The van der Waals surface area contributed by atoms with Gasteiger partial charge in [-0.3, -0.25) is 13.9 Å². The molecule has 10 nitrogen and oxygen atoms in total. The van der Waals surface area contributed by atoms with Crippen molar-refractivity contribution < 1.29 is 27.5 Å². The Morgan fingerprint density at radius 3 is 2.07 bits per heavy atom. The van der Waals surface area contributed by atoms with Crippen LogP contribution >= 0.6 is 0 Å². The van der Waals surface area contributed by atoms with Crippen LogP contribution in [-0.2, 0) is 14.8 Å². The van der Waals surface area contributed by atoms with Crippen molar-refractivity contribution in [2.45, 2.75) is 11.8 Å². The van der Waals surface area contributed by atoms with Crippen LogP contribution in [0.3, 0.4) is 0 Å². The fourth-order valence-corrected chi connectivity index (χ4v) is 5.41. The molecule has 0 aromatic heterocycles. The number of para-hydroxylation sites is 2. The number of amides is 2. The Hall–Kier alpha value is -5.16. The number of anilines is 2. The number of benzene rings is 4. The van der Waals surface area contributed by atoms with Crippen molar-refractivity contribution in [3.05, 3.63) is 114 Å². The lowest BCUT2D eigenvalue weighted by atomic mass is 10.1. The summed E-state index contributed by atoms with van der Waals surface area (Å²) in [4.78, 5) is 25.4. The molecule has 0 aliphatic heterocycles. The minimum absolute atomic E-state index is 0.0267. The topological polar surface area (TPSA) is 126 Å². The predicted octanol–water partition coefficient (Wildman–Crippen LogP) is 4.69. The number of nitrogens with one attached hydrogen (secondary N) is 2. The van der Waals surface area contributed by atoms with Crippen LogP contribution in [0.4, 0.5) is 11.4 Å². The molecule has 2 N–H and O–H groups in total. The zero-order chi connectivity index (χ0) is 30.1. The van der Waals surface area contributed by atoms with Gasteiger partial charge < -0.3 is 14.8 Å². The molecular formula is C31H30N4O6S. The number of hydrogen-bond donors (Lipinski definition) is 2. The summed E-state index contributed by atoms with van der Waals surface area (Å²) in [6.07, 6.45) is 0. The smallest absolute Gasteiger partial charge is 0.264 e. The van der Waals surface area contributed by atoms with E-state index in [2.05, 4.69) is 15.8 Å². The monoisotopic (exact) mass is 586 g/mol. The van der Waals surface area contributed by atoms with Crippen LogP contribution in [0.25, 0.3) is 0 Å². The normalized spacial score (nSPS) is 11.4. The fourth-order valence-electron chi connectivity index (χ4n) is 3.97. The van der Waals surface area contributed by atoms with E-state index >= 15 is 0 Å². The van der Waals surface area contributed by atoms with Crippen molar-refractivity contribution in [3.8, 4) is 11.5 Å². The summed E-state index contributed by atoms with van der Waals surface area (Å²) < 4.78 is 38.8. The van der Waals surface area contributed by atoms with Crippen LogP contribution in [0.15, 0.2) is 113 Å². The molecule has 4 aromatic rings. The molecular weight excluding hydrogens is 556 g/mol. The molecule has 0 bridgehead atoms. The second-order valence-corrected chi connectivity index (χ2v) is 10.9. The molecule has 0 saturated carbocycles. The molecule has 0 aliphatic carbocycles. The molecule has 42 heavy (non-hydrogen) atoms. The third kappa shape index (κ3) is 7.12. The first-order valence-electron chi connectivity index (χ1n) is 12.8. The molecule has 0 saturated heterocycles. The van der Waals surface area contributed by atoms with E-state index < -0.39 is 22.5 Å². The molecule has 0 fully saturated rings. The van der Waals surface area contributed by atoms with Crippen molar-refractivity contribution in [2.75, 3.05) is 30.4 Å². The minimum Gasteiger partial charge on any atom is -0.497 e. The molecule has 4 rings (SSSR count). The lowest BCUT2D eigenvalue weighted by Gasteiger charge is -2.25. The highest BCUT2D eigenvalue weighted by molar-refractivity contribution is 7.92. The van der Waals surface area contributed by atoms with Gasteiger partial charge in [0, 0.05) is 11.3 Å². The average Bonchev–Trinajstić information content (AvgIpc) is 3.03. The summed E-state index contributed by atoms with van der Waals surface area (Å²) >= 11 is 0.